The van der Waals surface area contributed by atoms with Gasteiger partial charge in [-0.2, -0.15) is 5.26 Å². The van der Waals surface area contributed by atoms with E-state index < -0.39 is 17.6 Å². The molecule has 4 heteroatoms. The molecular formula is C19H18N2O2. The first-order chi connectivity index (χ1) is 10.9. The Morgan fingerprint density at radius 1 is 1.00 bits per heavy atom. The van der Waals surface area contributed by atoms with Gasteiger partial charge in [-0.3, -0.25) is 9.59 Å². The van der Waals surface area contributed by atoms with Crippen LogP contribution >= 0.6 is 0 Å². The van der Waals surface area contributed by atoms with Crippen molar-refractivity contribution < 1.29 is 9.59 Å². The molecule has 116 valence electrons. The topological polar surface area (TPSA) is 70.0 Å². The number of amides is 1. The number of nitrogens with one attached hydrogen (secondary N) is 1. The zero-order valence-electron chi connectivity index (χ0n) is 13.4. The van der Waals surface area contributed by atoms with Crippen LogP contribution in [0.1, 0.15) is 27.0 Å². The average Bonchev–Trinajstić information content (AvgIpc) is 2.53. The van der Waals surface area contributed by atoms with E-state index >= 15 is 0 Å². The Kier molecular flexibility index (Phi) is 4.92. The summed E-state index contributed by atoms with van der Waals surface area (Å²) in [6.45, 7) is 5.68. The Bertz CT molecular complexity index is 803. The van der Waals surface area contributed by atoms with Crippen molar-refractivity contribution in [1.29, 1.82) is 5.26 Å². The largest absolute Gasteiger partial charge is 0.324 e. The van der Waals surface area contributed by atoms with Gasteiger partial charge in [0, 0.05) is 11.3 Å². The Morgan fingerprint density at radius 3 is 2.30 bits per heavy atom. The summed E-state index contributed by atoms with van der Waals surface area (Å²) in [7, 11) is 0. The lowest BCUT2D eigenvalue weighted by Gasteiger charge is -2.12. The van der Waals surface area contributed by atoms with Gasteiger partial charge >= 0.3 is 0 Å². The highest BCUT2D eigenvalue weighted by Crippen LogP contribution is 2.18. The van der Waals surface area contributed by atoms with Gasteiger partial charge in [-0.1, -0.05) is 30.3 Å². The maximum absolute atomic E-state index is 12.5. The van der Waals surface area contributed by atoms with Gasteiger partial charge in [0.25, 0.3) is 0 Å². The first-order valence-corrected chi connectivity index (χ1v) is 7.31. The van der Waals surface area contributed by atoms with Crippen molar-refractivity contribution in [2.24, 2.45) is 5.92 Å². The van der Waals surface area contributed by atoms with Crippen molar-refractivity contribution in [2.75, 3.05) is 5.32 Å². The van der Waals surface area contributed by atoms with E-state index in [4.69, 9.17) is 0 Å². The smallest absolute Gasteiger partial charge is 0.249 e. The zero-order valence-corrected chi connectivity index (χ0v) is 13.4. The molecule has 0 radical (unpaired) electrons. The summed E-state index contributed by atoms with van der Waals surface area (Å²) in [5, 5.41) is 11.9. The van der Waals surface area contributed by atoms with Gasteiger partial charge < -0.3 is 5.32 Å². The maximum atomic E-state index is 12.5. The number of ketones is 1. The second kappa shape index (κ2) is 6.89. The molecule has 2 aromatic carbocycles. The van der Waals surface area contributed by atoms with Crippen LogP contribution in [0, 0.1) is 38.0 Å². The fourth-order valence-corrected chi connectivity index (χ4v) is 2.22. The van der Waals surface area contributed by atoms with Crippen LogP contribution in [-0.2, 0) is 4.79 Å². The molecule has 0 saturated heterocycles. The first-order valence-electron chi connectivity index (χ1n) is 7.31. The molecule has 0 aliphatic rings. The number of Topliss-reactive ketones (excluding diaryl/α,β-unsaturated/α-hetero) is 1. The normalized spacial score (nSPS) is 11.4. The van der Waals surface area contributed by atoms with Crippen molar-refractivity contribution in [2.45, 2.75) is 20.8 Å². The van der Waals surface area contributed by atoms with E-state index in [0.29, 0.717) is 11.3 Å². The molecule has 1 amide bonds. The molecule has 0 heterocycles. The summed E-state index contributed by atoms with van der Waals surface area (Å²) < 4.78 is 0. The number of nitrogens with zero attached hydrogens (tertiary/aromatic N) is 1. The Balaban J connectivity index is 2.23. The van der Waals surface area contributed by atoms with E-state index in [0.717, 1.165) is 16.7 Å². The van der Waals surface area contributed by atoms with E-state index in [1.807, 2.05) is 45.0 Å². The number of rotatable bonds is 4. The number of carbonyl (C=O) groups excluding carboxylic acids is 2. The highest BCUT2D eigenvalue weighted by atomic mass is 16.2. The van der Waals surface area contributed by atoms with Gasteiger partial charge in [0.15, 0.2) is 11.7 Å². The number of nitriles is 1. The second-order valence-electron chi connectivity index (χ2n) is 5.53. The van der Waals surface area contributed by atoms with Gasteiger partial charge in [-0.05, 0) is 49.6 Å². The van der Waals surface area contributed by atoms with Crippen LogP contribution in [0.25, 0.3) is 0 Å². The van der Waals surface area contributed by atoms with Gasteiger partial charge in [0.2, 0.25) is 5.91 Å². The minimum atomic E-state index is -1.36. The summed E-state index contributed by atoms with van der Waals surface area (Å²) in [4.78, 5) is 24.8. The quantitative estimate of drug-likeness (QED) is 0.693. The molecule has 2 aromatic rings. The average molecular weight is 306 g/mol. The summed E-state index contributed by atoms with van der Waals surface area (Å²) in [5.74, 6) is -2.46. The molecule has 0 aromatic heterocycles. The predicted molar refractivity (Wildman–Crippen MR) is 89.2 cm³/mol. The standard InChI is InChI=1S/C19H18N2O2/c1-12-8-9-15(10-14(12)3)18(22)16(11-20)19(23)21-17-7-5-4-6-13(17)2/h4-10,16H,1-3H3,(H,21,23)/t16-/m1/s1. The van der Waals surface area contributed by atoms with Crippen LogP contribution in [0.15, 0.2) is 42.5 Å². The molecule has 1 atom stereocenters. The van der Waals surface area contributed by atoms with Crippen LogP contribution in [-0.4, -0.2) is 11.7 Å². The lowest BCUT2D eigenvalue weighted by molar-refractivity contribution is -0.117. The second-order valence-corrected chi connectivity index (χ2v) is 5.53. The number of benzene rings is 2. The van der Waals surface area contributed by atoms with E-state index in [9.17, 15) is 14.9 Å². The van der Waals surface area contributed by atoms with Crippen molar-refractivity contribution >= 4 is 17.4 Å². The van der Waals surface area contributed by atoms with Crippen molar-refractivity contribution in [3.05, 3.63) is 64.7 Å². The minimum Gasteiger partial charge on any atom is -0.324 e. The van der Waals surface area contributed by atoms with Crippen LogP contribution < -0.4 is 5.32 Å². The third-order valence-corrected chi connectivity index (χ3v) is 3.85. The summed E-state index contributed by atoms with van der Waals surface area (Å²) >= 11 is 0. The monoisotopic (exact) mass is 306 g/mol. The lowest BCUT2D eigenvalue weighted by Crippen LogP contribution is -2.29. The fourth-order valence-electron chi connectivity index (χ4n) is 2.22. The van der Waals surface area contributed by atoms with Gasteiger partial charge in [0.1, 0.15) is 0 Å². The van der Waals surface area contributed by atoms with Crippen LogP contribution in [0.5, 0.6) is 0 Å². The Morgan fingerprint density at radius 2 is 1.70 bits per heavy atom. The highest BCUT2D eigenvalue weighted by Gasteiger charge is 2.28. The molecule has 0 saturated carbocycles. The highest BCUT2D eigenvalue weighted by molar-refractivity contribution is 6.15. The molecule has 0 aliphatic heterocycles. The number of hydrogen-bond acceptors (Lipinski definition) is 3. The molecule has 0 spiro atoms. The molecule has 0 bridgehead atoms. The van der Waals surface area contributed by atoms with Gasteiger partial charge in [-0.25, -0.2) is 0 Å². The molecule has 2 rings (SSSR count). The van der Waals surface area contributed by atoms with Crippen LogP contribution in [0.2, 0.25) is 0 Å². The first kappa shape index (κ1) is 16.4. The summed E-state index contributed by atoms with van der Waals surface area (Å²) in [5.41, 5.74) is 3.85. The molecule has 0 unspecified atom stereocenters. The van der Waals surface area contributed by atoms with E-state index in [1.165, 1.54) is 0 Å². The maximum Gasteiger partial charge on any atom is 0.249 e. The zero-order chi connectivity index (χ0) is 17.0. The van der Waals surface area contributed by atoms with E-state index in [-0.39, 0.29) is 0 Å². The molecule has 1 N–H and O–H groups in total. The third-order valence-electron chi connectivity index (χ3n) is 3.85. The van der Waals surface area contributed by atoms with E-state index in [1.54, 1.807) is 24.3 Å². The Hall–Kier alpha value is -2.93. The number of para-hydroxylation sites is 1. The molecule has 0 fully saturated rings. The van der Waals surface area contributed by atoms with Crippen LogP contribution in [0.4, 0.5) is 5.69 Å². The van der Waals surface area contributed by atoms with Crippen molar-refractivity contribution in [3.8, 4) is 6.07 Å². The number of carbonyl (C=O) groups is 2. The molecule has 0 aliphatic carbocycles. The predicted octanol–water partition coefficient (Wildman–Crippen LogP) is 3.57. The Labute approximate surface area is 135 Å². The fraction of sp³-hybridized carbons (Fsp3) is 0.211. The number of anilines is 1. The summed E-state index contributed by atoms with van der Waals surface area (Å²) in [6, 6.07) is 14.2. The number of aryl methyl sites for hydroxylation is 3. The minimum absolute atomic E-state index is 0.375. The van der Waals surface area contributed by atoms with Crippen LogP contribution in [0.3, 0.4) is 0 Å². The summed E-state index contributed by atoms with van der Waals surface area (Å²) in [6.07, 6.45) is 0. The van der Waals surface area contributed by atoms with Crippen molar-refractivity contribution in [3.63, 3.8) is 0 Å². The van der Waals surface area contributed by atoms with Gasteiger partial charge in [0.05, 0.1) is 6.07 Å². The molecule has 4 nitrogen and oxygen atoms in total. The SMILES string of the molecule is Cc1ccc(C(=O)[C@@H](C#N)C(=O)Nc2ccccc2C)cc1C. The van der Waals surface area contributed by atoms with E-state index in [2.05, 4.69) is 5.32 Å². The third kappa shape index (κ3) is 3.64. The molecule has 23 heavy (non-hydrogen) atoms. The lowest BCUT2D eigenvalue weighted by atomic mass is 9.95. The van der Waals surface area contributed by atoms with Gasteiger partial charge in [-0.15, -0.1) is 0 Å². The number of hydrogen-bond donors (Lipinski definition) is 1. The molecular weight excluding hydrogens is 288 g/mol. The van der Waals surface area contributed by atoms with Crippen molar-refractivity contribution in [1.82, 2.24) is 0 Å².